The molecule has 0 aromatic carbocycles. The molecule has 1 aliphatic heterocycles. The van der Waals surface area contributed by atoms with Crippen LogP contribution in [0.15, 0.2) is 29.7 Å². The molecule has 5 heteroatoms. The van der Waals surface area contributed by atoms with Crippen molar-refractivity contribution in [2.75, 3.05) is 13.1 Å². The van der Waals surface area contributed by atoms with Gasteiger partial charge in [-0.05, 0) is 12.1 Å². The molecule has 2 N–H and O–H groups in total. The summed E-state index contributed by atoms with van der Waals surface area (Å²) in [4.78, 5) is 29.7. The number of nitrogens with zero attached hydrogens (tertiary/aromatic N) is 2. The zero-order chi connectivity index (χ0) is 11.3. The molecule has 2 aliphatic rings. The minimum absolute atomic E-state index is 0.0444. The van der Waals surface area contributed by atoms with Crippen LogP contribution in [0.4, 0.5) is 0 Å². The molecule has 0 spiro atoms. The summed E-state index contributed by atoms with van der Waals surface area (Å²) in [6, 6.07) is 3.20. The Kier molecular flexibility index (Phi) is 1.65. The lowest BCUT2D eigenvalue weighted by Gasteiger charge is -2.18. The molecule has 0 saturated carbocycles. The van der Waals surface area contributed by atoms with Gasteiger partial charge in [-0.1, -0.05) is 0 Å². The number of hydrogen-bond acceptors (Lipinski definition) is 5. The van der Waals surface area contributed by atoms with Crippen molar-refractivity contribution in [3.8, 4) is 0 Å². The molecule has 16 heavy (non-hydrogen) atoms. The van der Waals surface area contributed by atoms with Crippen molar-refractivity contribution in [2.24, 2.45) is 5.73 Å². The Morgan fingerprint density at radius 2 is 2.00 bits per heavy atom. The average Bonchev–Trinajstić information content (AvgIpc) is 3.11. The van der Waals surface area contributed by atoms with Crippen molar-refractivity contribution in [3.63, 3.8) is 0 Å². The molecule has 0 radical (unpaired) electrons. The molecular formula is C11H9N3O2. The van der Waals surface area contributed by atoms with E-state index in [1.165, 1.54) is 6.20 Å². The van der Waals surface area contributed by atoms with Crippen molar-refractivity contribution in [1.82, 2.24) is 9.88 Å². The molecule has 1 aliphatic carbocycles. The third-order valence-electron chi connectivity index (χ3n) is 2.75. The van der Waals surface area contributed by atoms with Gasteiger partial charge in [0, 0.05) is 19.3 Å². The second kappa shape index (κ2) is 2.91. The highest BCUT2D eigenvalue weighted by Crippen LogP contribution is 2.27. The highest BCUT2D eigenvalue weighted by atomic mass is 16.1. The second-order valence-electron chi connectivity index (χ2n) is 3.81. The first kappa shape index (κ1) is 9.08. The quantitative estimate of drug-likeness (QED) is 0.664. The molecule has 1 aromatic rings. The van der Waals surface area contributed by atoms with Crippen LogP contribution in [0.2, 0.25) is 0 Å². The number of pyridine rings is 1. The van der Waals surface area contributed by atoms with Gasteiger partial charge in [-0.2, -0.15) is 0 Å². The van der Waals surface area contributed by atoms with Gasteiger partial charge in [0.05, 0.1) is 5.56 Å². The summed E-state index contributed by atoms with van der Waals surface area (Å²) in [7, 11) is 0. The minimum Gasteiger partial charge on any atom is -0.394 e. The van der Waals surface area contributed by atoms with Crippen molar-refractivity contribution < 1.29 is 9.59 Å². The van der Waals surface area contributed by atoms with E-state index in [0.717, 1.165) is 13.1 Å². The summed E-state index contributed by atoms with van der Waals surface area (Å²) in [6.07, 6.45) is 1.51. The van der Waals surface area contributed by atoms with E-state index < -0.39 is 0 Å². The highest BCUT2D eigenvalue weighted by Gasteiger charge is 2.38. The number of Topliss-reactive ketones (excluding diaryl/α,β-unsaturated/α-hetero) is 2. The lowest BCUT2D eigenvalue weighted by molar-refractivity contribution is 0.0955. The average molecular weight is 215 g/mol. The van der Waals surface area contributed by atoms with Crippen LogP contribution >= 0.6 is 0 Å². The Hall–Kier alpha value is -2.17. The summed E-state index contributed by atoms with van der Waals surface area (Å²) in [5, 5.41) is 0. The predicted molar refractivity (Wildman–Crippen MR) is 55.7 cm³/mol. The number of ketones is 2. The first-order valence-electron chi connectivity index (χ1n) is 4.99. The van der Waals surface area contributed by atoms with Gasteiger partial charge in [-0.25, -0.2) is 0 Å². The van der Waals surface area contributed by atoms with E-state index in [-0.39, 0.29) is 23.0 Å². The van der Waals surface area contributed by atoms with E-state index in [1.807, 2.05) is 0 Å². The largest absolute Gasteiger partial charge is 0.394 e. The summed E-state index contributed by atoms with van der Waals surface area (Å²) in [5.41, 5.74) is 6.58. The summed E-state index contributed by atoms with van der Waals surface area (Å²) < 4.78 is 0. The van der Waals surface area contributed by atoms with Crippen LogP contribution < -0.4 is 5.73 Å². The Balaban J connectivity index is 2.21. The Bertz CT molecular complexity index is 544. The molecule has 5 nitrogen and oxygen atoms in total. The summed E-state index contributed by atoms with van der Waals surface area (Å²) in [5.74, 6) is -0.546. The molecule has 0 unspecified atom stereocenters. The Morgan fingerprint density at radius 3 is 2.69 bits per heavy atom. The fourth-order valence-electron chi connectivity index (χ4n) is 1.84. The predicted octanol–water partition coefficient (Wildman–Crippen LogP) is -0.0535. The SMILES string of the molecule is NC1=C(N2CC2)C(=O)c2ncccc2C1=O. The normalized spacial score (nSPS) is 18.9. The van der Waals surface area contributed by atoms with E-state index in [4.69, 9.17) is 5.73 Å². The number of allylic oxidation sites excluding steroid dienone is 2. The molecule has 1 fully saturated rings. The number of nitrogens with two attached hydrogens (primary N) is 1. The van der Waals surface area contributed by atoms with Gasteiger partial charge in [0.25, 0.3) is 0 Å². The van der Waals surface area contributed by atoms with E-state index in [0.29, 0.717) is 11.3 Å². The van der Waals surface area contributed by atoms with Crippen LogP contribution in [-0.4, -0.2) is 34.5 Å². The van der Waals surface area contributed by atoms with Gasteiger partial charge >= 0.3 is 0 Å². The zero-order valence-electron chi connectivity index (χ0n) is 8.43. The van der Waals surface area contributed by atoms with Crippen molar-refractivity contribution in [2.45, 2.75) is 0 Å². The smallest absolute Gasteiger partial charge is 0.230 e. The molecule has 3 rings (SSSR count). The van der Waals surface area contributed by atoms with Gasteiger partial charge in [0.1, 0.15) is 17.1 Å². The van der Waals surface area contributed by atoms with Gasteiger partial charge in [0.2, 0.25) is 11.6 Å². The lowest BCUT2D eigenvalue weighted by Crippen LogP contribution is -2.30. The van der Waals surface area contributed by atoms with Crippen LogP contribution in [0.1, 0.15) is 20.8 Å². The number of fused-ring (bicyclic) bond motifs is 1. The molecule has 80 valence electrons. The molecule has 0 amide bonds. The first-order chi connectivity index (χ1) is 7.70. The van der Waals surface area contributed by atoms with Gasteiger partial charge in [-0.3, -0.25) is 14.6 Å². The van der Waals surface area contributed by atoms with Gasteiger partial charge in [-0.15, -0.1) is 0 Å². The summed E-state index contributed by atoms with van der Waals surface area (Å²) >= 11 is 0. The fourth-order valence-corrected chi connectivity index (χ4v) is 1.84. The van der Waals surface area contributed by atoms with Crippen LogP contribution in [0.3, 0.4) is 0 Å². The van der Waals surface area contributed by atoms with Gasteiger partial charge in [0.15, 0.2) is 0 Å². The lowest BCUT2D eigenvalue weighted by atomic mass is 9.95. The molecule has 0 bridgehead atoms. The summed E-state index contributed by atoms with van der Waals surface area (Å²) in [6.45, 7) is 1.55. The van der Waals surface area contributed by atoms with E-state index >= 15 is 0 Å². The van der Waals surface area contributed by atoms with Crippen molar-refractivity contribution in [3.05, 3.63) is 41.0 Å². The Morgan fingerprint density at radius 1 is 1.25 bits per heavy atom. The maximum Gasteiger partial charge on any atom is 0.230 e. The number of hydrogen-bond donors (Lipinski definition) is 1. The van der Waals surface area contributed by atoms with E-state index in [1.54, 1.807) is 17.0 Å². The number of aromatic nitrogens is 1. The molecule has 1 aromatic heterocycles. The van der Waals surface area contributed by atoms with Crippen LogP contribution in [0, 0.1) is 0 Å². The number of rotatable bonds is 1. The van der Waals surface area contributed by atoms with Crippen LogP contribution in [0.25, 0.3) is 0 Å². The third-order valence-corrected chi connectivity index (χ3v) is 2.75. The van der Waals surface area contributed by atoms with E-state index in [9.17, 15) is 9.59 Å². The number of carbonyl (C=O) groups excluding carboxylic acids is 2. The van der Waals surface area contributed by atoms with E-state index in [2.05, 4.69) is 4.98 Å². The zero-order valence-corrected chi connectivity index (χ0v) is 8.43. The monoisotopic (exact) mass is 215 g/mol. The molecule has 1 saturated heterocycles. The number of carbonyl (C=O) groups is 2. The minimum atomic E-state index is -0.301. The van der Waals surface area contributed by atoms with Gasteiger partial charge < -0.3 is 10.6 Å². The Labute approximate surface area is 91.6 Å². The maximum absolute atomic E-state index is 12.1. The standard InChI is InChI=1S/C11H9N3O2/c12-7-9(14-4-5-14)11(16)8-6(10(7)15)2-1-3-13-8/h1-3H,4-5,12H2. The van der Waals surface area contributed by atoms with Crippen LogP contribution in [-0.2, 0) is 0 Å². The first-order valence-corrected chi connectivity index (χ1v) is 4.99. The van der Waals surface area contributed by atoms with Crippen molar-refractivity contribution in [1.29, 1.82) is 0 Å². The molecule has 2 heterocycles. The van der Waals surface area contributed by atoms with Crippen LogP contribution in [0.5, 0.6) is 0 Å². The molecular weight excluding hydrogens is 206 g/mol. The maximum atomic E-state index is 12.1. The fraction of sp³-hybridized carbons (Fsp3) is 0.182. The topological polar surface area (TPSA) is 76.1 Å². The third kappa shape index (κ3) is 1.08. The van der Waals surface area contributed by atoms with Crippen molar-refractivity contribution >= 4 is 11.6 Å². The highest BCUT2D eigenvalue weighted by molar-refractivity contribution is 6.25. The second-order valence-corrected chi connectivity index (χ2v) is 3.81. The molecule has 0 atom stereocenters.